The summed E-state index contributed by atoms with van der Waals surface area (Å²) in [4.78, 5) is 10.9. The van der Waals surface area contributed by atoms with Crippen molar-refractivity contribution in [2.24, 2.45) is 5.92 Å². The number of nitrogens with one attached hydrogen (secondary N) is 1. The predicted octanol–water partition coefficient (Wildman–Crippen LogP) is 3.87. The zero-order chi connectivity index (χ0) is 14.5. The first-order valence-corrected chi connectivity index (χ1v) is 6.73. The third kappa shape index (κ3) is 3.38. The average Bonchev–Trinajstić information content (AvgIpc) is 2.48. The molecule has 2 unspecified atom stereocenters. The zero-order valence-electron chi connectivity index (χ0n) is 11.7. The summed E-state index contributed by atoms with van der Waals surface area (Å²) in [6, 6.07) is 18.1. The van der Waals surface area contributed by atoms with Gasteiger partial charge in [-0.05, 0) is 37.1 Å². The van der Waals surface area contributed by atoms with Gasteiger partial charge >= 0.3 is 5.97 Å². The molecule has 0 radical (unpaired) electrons. The lowest BCUT2D eigenvalue weighted by molar-refractivity contribution is -0.141. The van der Waals surface area contributed by atoms with Crippen molar-refractivity contribution in [3.63, 3.8) is 0 Å². The molecule has 2 rings (SSSR count). The van der Waals surface area contributed by atoms with Crippen LogP contribution in [-0.2, 0) is 4.79 Å². The first-order valence-electron chi connectivity index (χ1n) is 6.73. The quantitative estimate of drug-likeness (QED) is 0.866. The van der Waals surface area contributed by atoms with Crippen LogP contribution in [0.4, 0.5) is 5.69 Å². The van der Waals surface area contributed by atoms with Gasteiger partial charge in [0.05, 0.1) is 5.92 Å². The second-order valence-corrected chi connectivity index (χ2v) is 5.00. The molecule has 0 fully saturated rings. The summed E-state index contributed by atoms with van der Waals surface area (Å²) in [5, 5.41) is 12.2. The van der Waals surface area contributed by atoms with Crippen LogP contribution in [0.5, 0.6) is 0 Å². The standard InChI is InChI=1S/C17H19NO2/c1-12(17(19)20)13(2)18-16-10-8-15(9-11-16)14-6-4-3-5-7-14/h3-13,18H,1-2H3,(H,19,20). The Morgan fingerprint density at radius 2 is 1.50 bits per heavy atom. The molecule has 3 nitrogen and oxygen atoms in total. The third-order valence-electron chi connectivity index (χ3n) is 3.53. The minimum atomic E-state index is -0.786. The van der Waals surface area contributed by atoms with E-state index in [0.29, 0.717) is 0 Å². The van der Waals surface area contributed by atoms with Crippen molar-refractivity contribution in [3.8, 4) is 11.1 Å². The van der Waals surface area contributed by atoms with Crippen LogP contribution >= 0.6 is 0 Å². The molecular weight excluding hydrogens is 250 g/mol. The third-order valence-corrected chi connectivity index (χ3v) is 3.53. The number of hydrogen-bond donors (Lipinski definition) is 2. The van der Waals surface area contributed by atoms with Crippen LogP contribution in [0.2, 0.25) is 0 Å². The lowest BCUT2D eigenvalue weighted by Crippen LogP contribution is -2.29. The Labute approximate surface area is 119 Å². The van der Waals surface area contributed by atoms with E-state index in [2.05, 4.69) is 17.4 Å². The lowest BCUT2D eigenvalue weighted by atomic mass is 10.0. The monoisotopic (exact) mass is 269 g/mol. The number of benzene rings is 2. The van der Waals surface area contributed by atoms with Gasteiger partial charge in [-0.15, -0.1) is 0 Å². The number of carboxylic acid groups (broad SMARTS) is 1. The van der Waals surface area contributed by atoms with Gasteiger partial charge in [-0.1, -0.05) is 42.5 Å². The highest BCUT2D eigenvalue weighted by Gasteiger charge is 2.18. The topological polar surface area (TPSA) is 49.3 Å². The Morgan fingerprint density at radius 3 is 2.05 bits per heavy atom. The Bertz CT molecular complexity index is 563. The van der Waals surface area contributed by atoms with Gasteiger partial charge in [0.2, 0.25) is 0 Å². The minimum Gasteiger partial charge on any atom is -0.481 e. The fraction of sp³-hybridized carbons (Fsp3) is 0.235. The van der Waals surface area contributed by atoms with Gasteiger partial charge < -0.3 is 10.4 Å². The van der Waals surface area contributed by atoms with E-state index >= 15 is 0 Å². The van der Waals surface area contributed by atoms with Gasteiger partial charge in [0, 0.05) is 11.7 Å². The maximum atomic E-state index is 10.9. The molecule has 0 aliphatic heterocycles. The van der Waals surface area contributed by atoms with Crippen LogP contribution < -0.4 is 5.32 Å². The Kier molecular flexibility index (Phi) is 4.41. The first-order chi connectivity index (χ1) is 9.58. The van der Waals surface area contributed by atoms with E-state index in [4.69, 9.17) is 5.11 Å². The molecule has 0 amide bonds. The predicted molar refractivity (Wildman–Crippen MR) is 81.8 cm³/mol. The van der Waals surface area contributed by atoms with Gasteiger partial charge in [-0.25, -0.2) is 0 Å². The number of hydrogen-bond acceptors (Lipinski definition) is 2. The van der Waals surface area contributed by atoms with E-state index in [1.54, 1.807) is 6.92 Å². The molecule has 2 atom stereocenters. The van der Waals surface area contributed by atoms with Crippen LogP contribution in [0.15, 0.2) is 54.6 Å². The highest BCUT2D eigenvalue weighted by atomic mass is 16.4. The van der Waals surface area contributed by atoms with Crippen LogP contribution in [0.3, 0.4) is 0 Å². The van der Waals surface area contributed by atoms with Gasteiger partial charge in [0.25, 0.3) is 0 Å². The highest BCUT2D eigenvalue weighted by Crippen LogP contribution is 2.22. The summed E-state index contributed by atoms with van der Waals surface area (Å²) in [5.74, 6) is -1.21. The van der Waals surface area contributed by atoms with Gasteiger partial charge in [-0.3, -0.25) is 4.79 Å². The van der Waals surface area contributed by atoms with Crippen LogP contribution in [0.25, 0.3) is 11.1 Å². The van der Waals surface area contributed by atoms with E-state index in [-0.39, 0.29) is 6.04 Å². The maximum absolute atomic E-state index is 10.9. The van der Waals surface area contributed by atoms with Crippen molar-refractivity contribution in [1.29, 1.82) is 0 Å². The second-order valence-electron chi connectivity index (χ2n) is 5.00. The van der Waals surface area contributed by atoms with Gasteiger partial charge in [0.1, 0.15) is 0 Å². The van der Waals surface area contributed by atoms with Crippen molar-refractivity contribution < 1.29 is 9.90 Å². The summed E-state index contributed by atoms with van der Waals surface area (Å²) in [5.41, 5.74) is 3.26. The second kappa shape index (κ2) is 6.24. The van der Waals surface area contributed by atoms with E-state index in [1.165, 1.54) is 5.56 Å². The van der Waals surface area contributed by atoms with Gasteiger partial charge in [0.15, 0.2) is 0 Å². The van der Waals surface area contributed by atoms with E-state index < -0.39 is 11.9 Å². The summed E-state index contributed by atoms with van der Waals surface area (Å²) in [6.45, 7) is 3.59. The number of anilines is 1. The minimum absolute atomic E-state index is 0.116. The molecule has 2 N–H and O–H groups in total. The first kappa shape index (κ1) is 14.1. The van der Waals surface area contributed by atoms with Crippen molar-refractivity contribution >= 4 is 11.7 Å². The summed E-state index contributed by atoms with van der Waals surface area (Å²) >= 11 is 0. The smallest absolute Gasteiger partial charge is 0.308 e. The van der Waals surface area contributed by atoms with Crippen LogP contribution in [0.1, 0.15) is 13.8 Å². The molecule has 0 saturated carbocycles. The van der Waals surface area contributed by atoms with Gasteiger partial charge in [-0.2, -0.15) is 0 Å². The maximum Gasteiger partial charge on any atom is 0.308 e. The number of rotatable bonds is 5. The highest BCUT2D eigenvalue weighted by molar-refractivity contribution is 5.71. The molecule has 3 heteroatoms. The lowest BCUT2D eigenvalue weighted by Gasteiger charge is -2.19. The fourth-order valence-electron chi connectivity index (χ4n) is 1.99. The van der Waals surface area contributed by atoms with Crippen LogP contribution in [-0.4, -0.2) is 17.1 Å². The molecule has 0 bridgehead atoms. The normalized spacial score (nSPS) is 13.5. The molecule has 0 aliphatic rings. The van der Waals surface area contributed by atoms with Crippen molar-refractivity contribution in [2.45, 2.75) is 19.9 Å². The molecule has 2 aromatic carbocycles. The molecule has 20 heavy (non-hydrogen) atoms. The van der Waals surface area contributed by atoms with E-state index in [0.717, 1.165) is 11.3 Å². The largest absolute Gasteiger partial charge is 0.481 e. The summed E-state index contributed by atoms with van der Waals surface area (Å²) in [7, 11) is 0. The SMILES string of the molecule is CC(Nc1ccc(-c2ccccc2)cc1)C(C)C(=O)O. The molecule has 0 saturated heterocycles. The Hall–Kier alpha value is -2.29. The fourth-order valence-corrected chi connectivity index (χ4v) is 1.99. The van der Waals surface area contributed by atoms with E-state index in [1.807, 2.05) is 49.4 Å². The number of carbonyl (C=O) groups is 1. The molecule has 104 valence electrons. The Morgan fingerprint density at radius 1 is 0.950 bits per heavy atom. The molecule has 0 spiro atoms. The summed E-state index contributed by atoms with van der Waals surface area (Å²) in [6.07, 6.45) is 0. The van der Waals surface area contributed by atoms with Crippen LogP contribution in [0, 0.1) is 5.92 Å². The van der Waals surface area contributed by atoms with Crippen molar-refractivity contribution in [2.75, 3.05) is 5.32 Å². The van der Waals surface area contributed by atoms with Crippen molar-refractivity contribution in [1.82, 2.24) is 0 Å². The molecule has 0 aromatic heterocycles. The Balaban J connectivity index is 2.07. The molecule has 0 heterocycles. The number of carboxylic acids is 1. The molecule has 0 aliphatic carbocycles. The molecular formula is C17H19NO2. The summed E-state index contributed by atoms with van der Waals surface area (Å²) < 4.78 is 0. The zero-order valence-corrected chi connectivity index (χ0v) is 11.7. The molecule has 2 aromatic rings. The average molecular weight is 269 g/mol. The van der Waals surface area contributed by atoms with E-state index in [9.17, 15) is 4.79 Å². The van der Waals surface area contributed by atoms with Crippen molar-refractivity contribution in [3.05, 3.63) is 54.6 Å². The number of aliphatic carboxylic acids is 1.